The minimum Gasteiger partial charge on any atom is -0.744 e. The van der Waals surface area contributed by atoms with Gasteiger partial charge in [0.15, 0.2) is 5.69 Å². The summed E-state index contributed by atoms with van der Waals surface area (Å²) in [5, 5.41) is 0. The Balaban J connectivity index is 0.00000169. The number of benzene rings is 1. The van der Waals surface area contributed by atoms with Crippen LogP contribution < -0.4 is 18.9 Å². The van der Waals surface area contributed by atoms with E-state index in [1.54, 1.807) is 0 Å². The molecule has 4 nitrogen and oxygen atoms in total. The summed E-state index contributed by atoms with van der Waals surface area (Å²) in [6, 6.07) is 4.00. The fourth-order valence-corrected chi connectivity index (χ4v) is 1.66. The molecule has 0 fully saturated rings. The number of aryl methyl sites for hydroxylation is 1. The molecule has 0 aliphatic carbocycles. The van der Waals surface area contributed by atoms with Gasteiger partial charge in [-0.2, -0.15) is 0 Å². The quantitative estimate of drug-likeness (QED) is 0.315. The molecule has 0 aliphatic rings. The van der Waals surface area contributed by atoms with Crippen molar-refractivity contribution in [1.82, 2.24) is 0 Å². The summed E-state index contributed by atoms with van der Waals surface area (Å²) < 4.78 is 32.0. The van der Waals surface area contributed by atoms with E-state index in [1.165, 1.54) is 19.1 Å². The molecule has 0 bridgehead atoms. The Bertz CT molecular complexity index is 476. The van der Waals surface area contributed by atoms with E-state index in [0.717, 1.165) is 6.07 Å². The average molecular weight is 203 g/mol. The summed E-state index contributed by atoms with van der Waals surface area (Å²) in [7, 11) is -4.46. The Morgan fingerprint density at radius 3 is 2.43 bits per heavy atom. The molecule has 0 radical (unpaired) electrons. The van der Waals surface area contributed by atoms with E-state index in [0.29, 0.717) is 5.56 Å². The van der Waals surface area contributed by atoms with Crippen LogP contribution in [0.3, 0.4) is 0 Å². The normalized spacial score (nSPS) is 10.1. The smallest absolute Gasteiger partial charge is 0.744 e. The van der Waals surface area contributed by atoms with Crippen LogP contribution in [0.5, 0.6) is 0 Å². The van der Waals surface area contributed by atoms with Gasteiger partial charge >= 0.3 is 18.9 Å². The molecule has 1 aromatic rings. The van der Waals surface area contributed by atoms with Crippen LogP contribution in [-0.2, 0) is 10.1 Å². The second-order valence-corrected chi connectivity index (χ2v) is 3.86. The third kappa shape index (κ3) is 2.86. The second kappa shape index (κ2) is 4.63. The molecule has 6 heteroatoms. The summed E-state index contributed by atoms with van der Waals surface area (Å²) >= 11 is 0. The van der Waals surface area contributed by atoms with Crippen molar-refractivity contribution in [2.75, 3.05) is 0 Å². The van der Waals surface area contributed by atoms with Gasteiger partial charge in [-0.05, 0) is 18.6 Å². The van der Waals surface area contributed by atoms with Crippen molar-refractivity contribution in [3.63, 3.8) is 0 Å². The molecule has 0 atom stereocenters. The number of nitrogens with zero attached hydrogens (tertiary/aromatic N) is 1. The van der Waals surface area contributed by atoms with E-state index in [2.05, 4.69) is 4.85 Å². The first-order valence-corrected chi connectivity index (χ1v) is 4.80. The maximum absolute atomic E-state index is 10.7. The van der Waals surface area contributed by atoms with Gasteiger partial charge in [-0.1, -0.05) is 12.1 Å². The standard InChI is InChI=1S/C8H7NO3S.Li/c1-6-3-4-7(9-2)5-8(6)13(10,11)12;/h3-5H,1H3,(H,10,11,12);/q;+1/p-1. The third-order valence-electron chi connectivity index (χ3n) is 1.57. The SMILES string of the molecule is [C-]#[N+]c1ccc(C)c(S(=O)(=O)[O-])c1.[Li+]. The first-order chi connectivity index (χ1) is 5.95. The van der Waals surface area contributed by atoms with Gasteiger partial charge in [0.1, 0.15) is 10.1 Å². The molecule has 0 amide bonds. The van der Waals surface area contributed by atoms with Crippen molar-refractivity contribution >= 4 is 15.8 Å². The zero-order valence-electron chi connectivity index (χ0n) is 7.81. The van der Waals surface area contributed by atoms with Crippen molar-refractivity contribution < 1.29 is 31.8 Å². The van der Waals surface area contributed by atoms with Gasteiger partial charge in [-0.15, -0.1) is 0 Å². The van der Waals surface area contributed by atoms with Crippen LogP contribution in [0.4, 0.5) is 5.69 Å². The van der Waals surface area contributed by atoms with E-state index in [1.807, 2.05) is 0 Å². The maximum Gasteiger partial charge on any atom is 1.00 e. The Labute approximate surface area is 94.7 Å². The number of hydrogen-bond acceptors (Lipinski definition) is 3. The van der Waals surface area contributed by atoms with E-state index < -0.39 is 10.1 Å². The van der Waals surface area contributed by atoms with Gasteiger partial charge in [-0.3, -0.25) is 0 Å². The van der Waals surface area contributed by atoms with E-state index >= 15 is 0 Å². The van der Waals surface area contributed by atoms with Gasteiger partial charge in [0.2, 0.25) is 0 Å². The van der Waals surface area contributed by atoms with Crippen LogP contribution in [0.1, 0.15) is 5.56 Å². The second-order valence-electron chi connectivity index (χ2n) is 2.52. The minimum absolute atomic E-state index is 0. The molecule has 0 spiro atoms. The molecule has 1 rings (SSSR count). The molecule has 0 unspecified atom stereocenters. The summed E-state index contributed by atoms with van der Waals surface area (Å²) in [6.45, 7) is 8.16. The number of hydrogen-bond donors (Lipinski definition) is 0. The predicted octanol–water partition coefficient (Wildman–Crippen LogP) is -1.55. The molecule has 0 aromatic heterocycles. The van der Waals surface area contributed by atoms with E-state index in [9.17, 15) is 13.0 Å². The van der Waals surface area contributed by atoms with Crippen LogP contribution >= 0.6 is 0 Å². The minimum atomic E-state index is -4.46. The van der Waals surface area contributed by atoms with Crippen molar-refractivity contribution in [2.45, 2.75) is 11.8 Å². The molecular weight excluding hydrogens is 197 g/mol. The summed E-state index contributed by atoms with van der Waals surface area (Å²) in [4.78, 5) is 2.71. The molecule has 0 saturated carbocycles. The molecule has 0 saturated heterocycles. The fraction of sp³-hybridized carbons (Fsp3) is 0.125. The zero-order valence-corrected chi connectivity index (χ0v) is 8.63. The summed E-state index contributed by atoms with van der Waals surface area (Å²) in [5.41, 5.74) is 0.516. The van der Waals surface area contributed by atoms with Gasteiger partial charge in [0.05, 0.1) is 6.57 Å². The molecule has 0 N–H and O–H groups in total. The van der Waals surface area contributed by atoms with Crippen LogP contribution in [0.2, 0.25) is 0 Å². The number of rotatable bonds is 1. The zero-order chi connectivity index (χ0) is 10.1. The van der Waals surface area contributed by atoms with Crippen LogP contribution in [0.15, 0.2) is 23.1 Å². The summed E-state index contributed by atoms with van der Waals surface area (Å²) in [6.07, 6.45) is 0. The predicted molar refractivity (Wildman–Crippen MR) is 45.4 cm³/mol. The maximum atomic E-state index is 10.7. The first kappa shape index (κ1) is 13.2. The third-order valence-corrected chi connectivity index (χ3v) is 2.55. The van der Waals surface area contributed by atoms with Crippen molar-refractivity contribution in [3.05, 3.63) is 35.2 Å². The Morgan fingerprint density at radius 1 is 1.43 bits per heavy atom. The van der Waals surface area contributed by atoms with Gasteiger partial charge in [0.25, 0.3) is 0 Å². The molecular formula is C8H6LiNO3S. The average Bonchev–Trinajstić information content (AvgIpc) is 2.03. The van der Waals surface area contributed by atoms with Gasteiger partial charge in [0, 0.05) is 4.90 Å². The van der Waals surface area contributed by atoms with Crippen LogP contribution in [0.25, 0.3) is 4.85 Å². The van der Waals surface area contributed by atoms with Gasteiger partial charge in [-0.25, -0.2) is 13.3 Å². The Hall–Kier alpha value is -0.783. The van der Waals surface area contributed by atoms with E-state index in [4.69, 9.17) is 6.57 Å². The molecule has 1 aromatic carbocycles. The van der Waals surface area contributed by atoms with Crippen LogP contribution in [0, 0.1) is 13.5 Å². The van der Waals surface area contributed by atoms with Crippen LogP contribution in [-0.4, -0.2) is 13.0 Å². The van der Waals surface area contributed by atoms with Crippen molar-refractivity contribution in [1.29, 1.82) is 0 Å². The fourth-order valence-electron chi connectivity index (χ4n) is 0.928. The van der Waals surface area contributed by atoms with Crippen molar-refractivity contribution in [2.24, 2.45) is 0 Å². The monoisotopic (exact) mass is 203 g/mol. The Kier molecular flexibility index (Phi) is 4.37. The molecule has 14 heavy (non-hydrogen) atoms. The first-order valence-electron chi connectivity index (χ1n) is 3.39. The van der Waals surface area contributed by atoms with Crippen molar-refractivity contribution in [3.8, 4) is 0 Å². The topological polar surface area (TPSA) is 61.6 Å². The molecule has 0 heterocycles. The molecule has 68 valence electrons. The summed E-state index contributed by atoms with van der Waals surface area (Å²) in [5.74, 6) is 0. The molecule has 0 aliphatic heterocycles. The van der Waals surface area contributed by atoms with E-state index in [-0.39, 0.29) is 29.4 Å². The Morgan fingerprint density at radius 2 is 2.00 bits per heavy atom. The van der Waals surface area contributed by atoms with Gasteiger partial charge < -0.3 is 4.55 Å². The largest absolute Gasteiger partial charge is 1.00 e.